The van der Waals surface area contributed by atoms with Crippen LogP contribution in [-0.2, 0) is 19.9 Å². The molecule has 12 heteroatoms. The summed E-state index contributed by atoms with van der Waals surface area (Å²) in [6.07, 6.45) is 5.44. The number of piperidine rings is 1. The van der Waals surface area contributed by atoms with Crippen molar-refractivity contribution in [3.05, 3.63) is 83.9 Å². The molecule has 2 aliphatic rings. The van der Waals surface area contributed by atoms with Gasteiger partial charge in [0.2, 0.25) is 11.8 Å². The third-order valence-corrected chi connectivity index (χ3v) is 8.20. The number of amides is 4. The second-order valence-electron chi connectivity index (χ2n) is 11.8. The van der Waals surface area contributed by atoms with Gasteiger partial charge >= 0.3 is 0 Å². The van der Waals surface area contributed by atoms with Gasteiger partial charge < -0.3 is 15.5 Å². The van der Waals surface area contributed by atoms with E-state index in [1.54, 1.807) is 61.4 Å². The largest absolute Gasteiger partial charge is 0.368 e. The highest BCUT2D eigenvalue weighted by molar-refractivity contribution is 6.06. The van der Waals surface area contributed by atoms with E-state index in [0.29, 0.717) is 29.9 Å². The number of fused-ring (bicyclic) bond motifs is 1. The van der Waals surface area contributed by atoms with Gasteiger partial charge in [0.25, 0.3) is 11.8 Å². The number of rotatable bonds is 6. The Bertz CT molecular complexity index is 1970. The predicted molar refractivity (Wildman–Crippen MR) is 169 cm³/mol. The van der Waals surface area contributed by atoms with Crippen molar-refractivity contribution in [2.45, 2.75) is 38.3 Å². The Balaban J connectivity index is 1.03. The molecule has 2 aliphatic heterocycles. The summed E-state index contributed by atoms with van der Waals surface area (Å²) in [4.78, 5) is 55.5. The van der Waals surface area contributed by atoms with E-state index in [0.717, 1.165) is 16.5 Å². The second kappa shape index (κ2) is 12.2. The molecule has 0 spiro atoms. The van der Waals surface area contributed by atoms with Crippen LogP contribution in [-0.4, -0.2) is 57.5 Å². The first-order valence-corrected chi connectivity index (χ1v) is 14.8. The van der Waals surface area contributed by atoms with E-state index in [1.807, 2.05) is 24.3 Å². The van der Waals surface area contributed by atoms with Gasteiger partial charge in [0.15, 0.2) is 0 Å². The van der Waals surface area contributed by atoms with Crippen LogP contribution in [0.4, 0.5) is 11.4 Å². The Kier molecular flexibility index (Phi) is 7.95. The normalized spacial score (nSPS) is 16.5. The third-order valence-electron chi connectivity index (χ3n) is 8.20. The minimum Gasteiger partial charge on any atom is -0.368 e. The zero-order valence-corrected chi connectivity index (χ0v) is 25.2. The van der Waals surface area contributed by atoms with Gasteiger partial charge in [-0.25, -0.2) is 4.98 Å². The molecular formula is C34H30N8O4. The number of nitriles is 1. The highest BCUT2D eigenvalue weighted by Crippen LogP contribution is 2.28. The third kappa shape index (κ3) is 6.01. The van der Waals surface area contributed by atoms with Crippen LogP contribution in [0.5, 0.6) is 0 Å². The molecule has 2 aromatic heterocycles. The molecule has 0 bridgehead atoms. The average molecular weight is 615 g/mol. The van der Waals surface area contributed by atoms with Gasteiger partial charge in [-0.2, -0.15) is 10.4 Å². The number of hydrogen-bond acceptors (Lipinski definition) is 8. The SMILES string of the molecule is CC(C)(C(=O)Nc1ccc(C#N)c2ccccc12)n1cc(C#CC2CN(c3ccc(C(=O)NC4CCC(=O)NC4=O)nc3)C2)cn1. The summed E-state index contributed by atoms with van der Waals surface area (Å²) >= 11 is 0. The zero-order chi connectivity index (χ0) is 32.4. The van der Waals surface area contributed by atoms with Gasteiger partial charge in [-0.05, 0) is 44.5 Å². The summed E-state index contributed by atoms with van der Waals surface area (Å²) in [7, 11) is 0. The van der Waals surface area contributed by atoms with Crippen LogP contribution in [0.2, 0.25) is 0 Å². The topological polar surface area (TPSA) is 162 Å². The molecule has 4 aromatic rings. The van der Waals surface area contributed by atoms with Gasteiger partial charge in [-0.1, -0.05) is 36.1 Å². The van der Waals surface area contributed by atoms with Gasteiger partial charge in [-0.3, -0.25) is 29.2 Å². The fourth-order valence-electron chi connectivity index (χ4n) is 5.31. The van der Waals surface area contributed by atoms with Crippen molar-refractivity contribution >= 4 is 45.8 Å². The second-order valence-corrected chi connectivity index (χ2v) is 11.8. The van der Waals surface area contributed by atoms with Crippen LogP contribution in [0.15, 0.2) is 67.1 Å². The molecule has 2 aromatic carbocycles. The van der Waals surface area contributed by atoms with Crippen molar-refractivity contribution in [2.24, 2.45) is 5.92 Å². The molecule has 4 amide bonds. The van der Waals surface area contributed by atoms with Crippen LogP contribution < -0.4 is 20.9 Å². The van der Waals surface area contributed by atoms with E-state index in [4.69, 9.17) is 0 Å². The van der Waals surface area contributed by atoms with Crippen molar-refractivity contribution in [1.29, 1.82) is 5.26 Å². The smallest absolute Gasteiger partial charge is 0.270 e. The lowest BCUT2D eigenvalue weighted by molar-refractivity contribution is -0.134. The highest BCUT2D eigenvalue weighted by atomic mass is 16.2. The van der Waals surface area contributed by atoms with E-state index < -0.39 is 23.4 Å². The summed E-state index contributed by atoms with van der Waals surface area (Å²) in [5, 5.41) is 23.3. The molecule has 1 unspecified atom stereocenters. The molecule has 1 atom stereocenters. The van der Waals surface area contributed by atoms with E-state index in [2.05, 4.69) is 48.8 Å². The van der Waals surface area contributed by atoms with E-state index in [-0.39, 0.29) is 36.3 Å². The molecule has 0 radical (unpaired) electrons. The molecule has 2 fully saturated rings. The summed E-state index contributed by atoms with van der Waals surface area (Å²) in [5.74, 6) is 4.97. The zero-order valence-electron chi connectivity index (χ0n) is 25.2. The first kappa shape index (κ1) is 30.0. The predicted octanol–water partition coefficient (Wildman–Crippen LogP) is 2.70. The van der Waals surface area contributed by atoms with Crippen LogP contribution in [0.1, 0.15) is 48.3 Å². The van der Waals surface area contributed by atoms with Crippen molar-refractivity contribution in [1.82, 2.24) is 25.4 Å². The maximum absolute atomic E-state index is 13.4. The lowest BCUT2D eigenvalue weighted by atomic mass is 10.00. The lowest BCUT2D eigenvalue weighted by Gasteiger charge is -2.38. The molecular weight excluding hydrogens is 584 g/mol. The van der Waals surface area contributed by atoms with E-state index in [9.17, 15) is 24.4 Å². The number of carbonyl (C=O) groups is 4. The summed E-state index contributed by atoms with van der Waals surface area (Å²) < 4.78 is 1.59. The molecule has 3 N–H and O–H groups in total. The number of anilines is 2. The van der Waals surface area contributed by atoms with Gasteiger partial charge in [0.05, 0.1) is 41.2 Å². The summed E-state index contributed by atoms with van der Waals surface area (Å²) in [6, 6.07) is 15.7. The molecule has 0 saturated carbocycles. The molecule has 0 aliphatic carbocycles. The number of hydrogen-bond donors (Lipinski definition) is 3. The van der Waals surface area contributed by atoms with E-state index in [1.165, 1.54) is 0 Å². The molecule has 230 valence electrons. The van der Waals surface area contributed by atoms with Crippen LogP contribution in [0.3, 0.4) is 0 Å². The summed E-state index contributed by atoms with van der Waals surface area (Å²) in [5.41, 5.74) is 1.88. The van der Waals surface area contributed by atoms with E-state index >= 15 is 0 Å². The molecule has 12 nitrogen and oxygen atoms in total. The Morgan fingerprint density at radius 3 is 2.54 bits per heavy atom. The Hall–Kier alpha value is -6.01. The maximum atomic E-state index is 13.4. The fourth-order valence-corrected chi connectivity index (χ4v) is 5.31. The average Bonchev–Trinajstić information content (AvgIpc) is 3.52. The van der Waals surface area contributed by atoms with Gasteiger partial charge in [-0.15, -0.1) is 0 Å². The number of benzene rings is 2. The van der Waals surface area contributed by atoms with Crippen LogP contribution >= 0.6 is 0 Å². The number of imide groups is 1. The first-order valence-electron chi connectivity index (χ1n) is 14.8. The molecule has 6 rings (SSSR count). The number of carbonyl (C=O) groups excluding carboxylic acids is 4. The van der Waals surface area contributed by atoms with Crippen molar-refractivity contribution in [3.63, 3.8) is 0 Å². The molecule has 4 heterocycles. The number of nitrogens with zero attached hydrogens (tertiary/aromatic N) is 5. The standard InChI is InChI=1S/C34H30N8O4/c1-34(2,33(46)39-27-11-9-23(15-35)25-5-3-4-6-26(25)27)42-20-21(16-37-42)7-8-22-18-41(19-22)24-10-12-28(36-17-24)31(44)38-29-13-14-30(43)40-32(29)45/h3-6,9-12,16-17,20,22,29H,13-14,18-19H2,1-2H3,(H,38,44)(H,39,46)(H,40,43,45). The highest BCUT2D eigenvalue weighted by Gasteiger charge is 2.32. The number of aromatic nitrogens is 3. The first-order chi connectivity index (χ1) is 22.1. The number of pyridine rings is 1. The van der Waals surface area contributed by atoms with Gasteiger partial charge in [0.1, 0.15) is 17.3 Å². The quantitative estimate of drug-likeness (QED) is 0.221. The van der Waals surface area contributed by atoms with Crippen LogP contribution in [0, 0.1) is 29.1 Å². The van der Waals surface area contributed by atoms with Crippen LogP contribution in [0.25, 0.3) is 10.8 Å². The van der Waals surface area contributed by atoms with Crippen molar-refractivity contribution in [2.75, 3.05) is 23.3 Å². The van der Waals surface area contributed by atoms with Crippen molar-refractivity contribution < 1.29 is 19.2 Å². The Morgan fingerprint density at radius 1 is 1.04 bits per heavy atom. The minimum atomic E-state index is -1.01. The lowest BCUT2D eigenvalue weighted by Crippen LogP contribution is -2.52. The van der Waals surface area contributed by atoms with Gasteiger partial charge in [0, 0.05) is 42.2 Å². The fraction of sp³-hybridized carbons (Fsp3) is 0.265. The van der Waals surface area contributed by atoms with Crippen molar-refractivity contribution in [3.8, 4) is 17.9 Å². The maximum Gasteiger partial charge on any atom is 0.270 e. The molecule has 46 heavy (non-hydrogen) atoms. The Morgan fingerprint density at radius 2 is 1.83 bits per heavy atom. The number of nitrogens with one attached hydrogen (secondary N) is 3. The minimum absolute atomic E-state index is 0.125. The molecule has 2 saturated heterocycles. The Labute approximate surface area is 264 Å². The monoisotopic (exact) mass is 614 g/mol. The summed E-state index contributed by atoms with van der Waals surface area (Å²) in [6.45, 7) is 4.94.